The minimum Gasteiger partial charge on any atom is -0.481 e. The van der Waals surface area contributed by atoms with Crippen molar-refractivity contribution in [2.45, 2.75) is 19.8 Å². The number of hydrogen-bond donors (Lipinski definition) is 1. The van der Waals surface area contributed by atoms with Crippen molar-refractivity contribution in [2.24, 2.45) is 0 Å². The minimum atomic E-state index is -1.10. The number of carbonyl (C=O) groups is 4. The van der Waals surface area contributed by atoms with E-state index in [1.165, 1.54) is 0 Å². The van der Waals surface area contributed by atoms with E-state index in [1.807, 2.05) is 0 Å². The SMILES string of the molecule is CC(=O)OCC(=O)OCC(=O)CCC(=O)O. The van der Waals surface area contributed by atoms with Crippen LogP contribution in [-0.4, -0.2) is 42.0 Å². The quantitative estimate of drug-likeness (QED) is 0.591. The van der Waals surface area contributed by atoms with Crippen molar-refractivity contribution in [3.63, 3.8) is 0 Å². The predicted molar refractivity (Wildman–Crippen MR) is 49.5 cm³/mol. The summed E-state index contributed by atoms with van der Waals surface area (Å²) < 4.78 is 8.74. The number of aliphatic carboxylic acids is 1. The van der Waals surface area contributed by atoms with Crippen LogP contribution in [0.2, 0.25) is 0 Å². The molecule has 0 aliphatic heterocycles. The molecular weight excluding hydrogens is 220 g/mol. The third-order valence-corrected chi connectivity index (χ3v) is 1.41. The van der Waals surface area contributed by atoms with E-state index >= 15 is 0 Å². The van der Waals surface area contributed by atoms with Crippen molar-refractivity contribution >= 4 is 23.7 Å². The smallest absolute Gasteiger partial charge is 0.344 e. The zero-order chi connectivity index (χ0) is 12.6. The highest BCUT2D eigenvalue weighted by atomic mass is 16.6. The summed E-state index contributed by atoms with van der Waals surface area (Å²) in [6.07, 6.45) is -0.503. The van der Waals surface area contributed by atoms with Crippen LogP contribution in [0.4, 0.5) is 0 Å². The van der Waals surface area contributed by atoms with Crippen LogP contribution in [0, 0.1) is 0 Å². The molecule has 0 atom stereocenters. The molecule has 0 bridgehead atoms. The van der Waals surface area contributed by atoms with Gasteiger partial charge in [0.05, 0.1) is 6.42 Å². The summed E-state index contributed by atoms with van der Waals surface area (Å²) >= 11 is 0. The van der Waals surface area contributed by atoms with Crippen LogP contribution in [0.25, 0.3) is 0 Å². The number of ketones is 1. The summed E-state index contributed by atoms with van der Waals surface area (Å²) in [5, 5.41) is 8.27. The number of ether oxygens (including phenoxy) is 2. The first kappa shape index (κ1) is 14.1. The average molecular weight is 232 g/mol. The Hall–Kier alpha value is -1.92. The maximum absolute atomic E-state index is 10.9. The van der Waals surface area contributed by atoms with Gasteiger partial charge in [-0.15, -0.1) is 0 Å². The van der Waals surface area contributed by atoms with Gasteiger partial charge >= 0.3 is 17.9 Å². The van der Waals surface area contributed by atoms with E-state index in [0.29, 0.717) is 0 Å². The summed E-state index contributed by atoms with van der Waals surface area (Å²) in [4.78, 5) is 42.2. The highest BCUT2D eigenvalue weighted by Gasteiger charge is 2.10. The second-order valence-electron chi connectivity index (χ2n) is 2.87. The summed E-state index contributed by atoms with van der Waals surface area (Å²) in [6.45, 7) is 0.0697. The maximum atomic E-state index is 10.9. The number of carboxylic acid groups (broad SMARTS) is 1. The average Bonchev–Trinajstić information content (AvgIpc) is 2.20. The Bertz CT molecular complexity index is 264. The van der Waals surface area contributed by atoms with Gasteiger partial charge in [-0.1, -0.05) is 0 Å². The van der Waals surface area contributed by atoms with Crippen LogP contribution in [0.3, 0.4) is 0 Å². The Balaban J connectivity index is 3.63. The maximum Gasteiger partial charge on any atom is 0.344 e. The molecule has 0 aliphatic carbocycles. The van der Waals surface area contributed by atoms with Crippen molar-refractivity contribution in [3.8, 4) is 0 Å². The molecule has 0 radical (unpaired) electrons. The Morgan fingerprint density at radius 3 is 2.12 bits per heavy atom. The van der Waals surface area contributed by atoms with Gasteiger partial charge in [-0.2, -0.15) is 0 Å². The summed E-state index contributed by atoms with van der Waals surface area (Å²) in [6, 6.07) is 0. The van der Waals surface area contributed by atoms with Gasteiger partial charge in [0.25, 0.3) is 0 Å². The molecule has 0 aliphatic rings. The van der Waals surface area contributed by atoms with Gasteiger partial charge in [-0.05, 0) is 0 Å². The number of carboxylic acids is 1. The minimum absolute atomic E-state index is 0.198. The Morgan fingerprint density at radius 2 is 1.62 bits per heavy atom. The molecule has 7 nitrogen and oxygen atoms in total. The number of esters is 2. The van der Waals surface area contributed by atoms with Crippen LogP contribution < -0.4 is 0 Å². The van der Waals surface area contributed by atoms with Crippen molar-refractivity contribution in [1.29, 1.82) is 0 Å². The second-order valence-corrected chi connectivity index (χ2v) is 2.87. The first-order chi connectivity index (χ1) is 7.41. The molecule has 0 unspecified atom stereocenters. The third kappa shape index (κ3) is 8.67. The topological polar surface area (TPSA) is 107 Å². The second kappa shape index (κ2) is 7.38. The van der Waals surface area contributed by atoms with Crippen LogP contribution >= 0.6 is 0 Å². The molecule has 16 heavy (non-hydrogen) atoms. The molecule has 0 amide bonds. The highest BCUT2D eigenvalue weighted by Crippen LogP contribution is 1.92. The fourth-order valence-electron chi connectivity index (χ4n) is 0.682. The van der Waals surface area contributed by atoms with E-state index < -0.39 is 36.9 Å². The molecule has 0 heterocycles. The number of carbonyl (C=O) groups excluding carboxylic acids is 3. The fourth-order valence-corrected chi connectivity index (χ4v) is 0.682. The zero-order valence-electron chi connectivity index (χ0n) is 8.73. The molecule has 0 aromatic rings. The Labute approximate surface area is 91.3 Å². The first-order valence-corrected chi connectivity index (χ1v) is 4.44. The largest absolute Gasteiger partial charge is 0.481 e. The lowest BCUT2D eigenvalue weighted by atomic mass is 10.2. The molecule has 0 rings (SSSR count). The van der Waals surface area contributed by atoms with Gasteiger partial charge in [0.1, 0.15) is 6.61 Å². The predicted octanol–water partition coefficient (Wildman–Crippen LogP) is -0.473. The van der Waals surface area contributed by atoms with Crippen LogP contribution in [-0.2, 0) is 28.7 Å². The van der Waals surface area contributed by atoms with E-state index in [4.69, 9.17) is 5.11 Å². The van der Waals surface area contributed by atoms with E-state index in [-0.39, 0.29) is 12.8 Å². The summed E-state index contributed by atoms with van der Waals surface area (Å²) in [7, 11) is 0. The third-order valence-electron chi connectivity index (χ3n) is 1.41. The van der Waals surface area contributed by atoms with Crippen molar-refractivity contribution in [3.05, 3.63) is 0 Å². The van der Waals surface area contributed by atoms with Gasteiger partial charge in [0.2, 0.25) is 0 Å². The lowest BCUT2D eigenvalue weighted by Gasteiger charge is -2.03. The lowest BCUT2D eigenvalue weighted by Crippen LogP contribution is -2.19. The molecular formula is C9H12O7. The number of Topliss-reactive ketones (excluding diaryl/α,β-unsaturated/α-hetero) is 1. The normalized spacial score (nSPS) is 9.31. The molecule has 0 spiro atoms. The Kier molecular flexibility index (Phi) is 6.50. The lowest BCUT2D eigenvalue weighted by molar-refractivity contribution is -0.159. The van der Waals surface area contributed by atoms with Gasteiger partial charge < -0.3 is 14.6 Å². The summed E-state index contributed by atoms with van der Waals surface area (Å²) in [5.41, 5.74) is 0. The molecule has 0 fully saturated rings. The van der Waals surface area contributed by atoms with E-state index in [0.717, 1.165) is 6.92 Å². The van der Waals surface area contributed by atoms with Crippen molar-refractivity contribution < 1.29 is 33.8 Å². The van der Waals surface area contributed by atoms with Crippen molar-refractivity contribution in [1.82, 2.24) is 0 Å². The number of hydrogen-bond acceptors (Lipinski definition) is 6. The molecule has 90 valence electrons. The van der Waals surface area contributed by atoms with Crippen molar-refractivity contribution in [2.75, 3.05) is 13.2 Å². The Morgan fingerprint density at radius 1 is 1.00 bits per heavy atom. The van der Waals surface area contributed by atoms with E-state index in [2.05, 4.69) is 9.47 Å². The van der Waals surface area contributed by atoms with Crippen LogP contribution in [0.1, 0.15) is 19.8 Å². The zero-order valence-corrected chi connectivity index (χ0v) is 8.73. The van der Waals surface area contributed by atoms with Gasteiger partial charge in [-0.25, -0.2) is 4.79 Å². The fraction of sp³-hybridized carbons (Fsp3) is 0.556. The summed E-state index contributed by atoms with van der Waals surface area (Å²) in [5.74, 6) is -3.08. The van der Waals surface area contributed by atoms with E-state index in [1.54, 1.807) is 0 Å². The van der Waals surface area contributed by atoms with Gasteiger partial charge in [-0.3, -0.25) is 14.4 Å². The standard InChI is InChI=1S/C9H12O7/c1-6(10)15-5-9(14)16-4-7(11)2-3-8(12)13/h2-5H2,1H3,(H,12,13). The van der Waals surface area contributed by atoms with Crippen LogP contribution in [0.5, 0.6) is 0 Å². The van der Waals surface area contributed by atoms with E-state index in [9.17, 15) is 19.2 Å². The number of rotatable bonds is 7. The first-order valence-electron chi connectivity index (χ1n) is 4.44. The highest BCUT2D eigenvalue weighted by molar-refractivity contribution is 5.85. The molecule has 0 aromatic carbocycles. The van der Waals surface area contributed by atoms with Crippen LogP contribution in [0.15, 0.2) is 0 Å². The molecule has 1 N–H and O–H groups in total. The van der Waals surface area contributed by atoms with Gasteiger partial charge in [0, 0.05) is 13.3 Å². The van der Waals surface area contributed by atoms with Gasteiger partial charge in [0.15, 0.2) is 12.4 Å². The molecule has 0 aromatic heterocycles. The molecule has 0 saturated heterocycles. The molecule has 7 heteroatoms. The monoisotopic (exact) mass is 232 g/mol. The molecule has 0 saturated carbocycles.